The molecule has 0 N–H and O–H groups in total. The Morgan fingerprint density at radius 1 is 0.875 bits per heavy atom. The topological polar surface area (TPSA) is 12.5 Å². The maximum absolute atomic E-state index is 12.8. The first kappa shape index (κ1) is 15.4. The van der Waals surface area contributed by atoms with Gasteiger partial charge in [-0.3, -0.25) is 4.84 Å². The van der Waals surface area contributed by atoms with Gasteiger partial charge in [0, 0.05) is 7.05 Å². The van der Waals surface area contributed by atoms with E-state index in [1.807, 2.05) is 0 Å². The monoisotopic (exact) mass is 261 g/mol. The fraction of sp³-hybridized carbons (Fsp3) is 1.00. The molecular weight excluding hydrogens is 254 g/mol. The highest BCUT2D eigenvalue weighted by Crippen LogP contribution is 2.48. The molecule has 0 atom stereocenters. The molecule has 0 aromatic heterocycles. The van der Waals surface area contributed by atoms with E-state index in [2.05, 4.69) is 4.84 Å². The lowest BCUT2D eigenvalue weighted by molar-refractivity contribution is -0.406. The largest absolute Gasteiger partial charge is 0.407 e. The smallest absolute Gasteiger partial charge is 0.297 e. The summed E-state index contributed by atoms with van der Waals surface area (Å²) in [6.45, 7) is 0. The molecule has 0 aromatic carbocycles. The van der Waals surface area contributed by atoms with E-state index >= 15 is 0 Å². The normalized spacial score (nSPS) is 15.0. The molecule has 0 aliphatic carbocycles. The predicted molar refractivity (Wildman–Crippen MR) is 35.3 cm³/mol. The van der Waals surface area contributed by atoms with Gasteiger partial charge in [0.15, 0.2) is 0 Å². The van der Waals surface area contributed by atoms with Gasteiger partial charge in [-0.2, -0.15) is 35.1 Å². The molecule has 0 aliphatic rings. The van der Waals surface area contributed by atoms with Crippen LogP contribution in [0.3, 0.4) is 0 Å². The quantitative estimate of drug-likeness (QED) is 0.440. The van der Waals surface area contributed by atoms with Crippen molar-refractivity contribution in [3.63, 3.8) is 0 Å². The first-order chi connectivity index (χ1) is 6.85. The van der Waals surface area contributed by atoms with Gasteiger partial charge in [-0.1, -0.05) is 0 Å². The first-order valence-electron chi connectivity index (χ1n) is 3.64. The zero-order chi connectivity index (χ0) is 13.4. The van der Waals surface area contributed by atoms with E-state index in [9.17, 15) is 35.1 Å². The van der Waals surface area contributed by atoms with Crippen molar-refractivity contribution in [1.29, 1.82) is 0 Å². The molecule has 0 radical (unpaired) electrons. The molecule has 16 heavy (non-hydrogen) atoms. The lowest BCUT2D eigenvalue weighted by atomic mass is 10.1. The molecule has 0 rings (SSSR count). The van der Waals surface area contributed by atoms with E-state index in [0.717, 1.165) is 0 Å². The van der Waals surface area contributed by atoms with Crippen LogP contribution in [0.5, 0.6) is 0 Å². The molecule has 0 heterocycles. The second-order valence-electron chi connectivity index (χ2n) is 2.78. The Hall–Kier alpha value is -0.640. The zero-order valence-corrected chi connectivity index (χ0v) is 7.96. The van der Waals surface area contributed by atoms with Gasteiger partial charge in [-0.05, 0) is 0 Å². The van der Waals surface area contributed by atoms with Crippen molar-refractivity contribution in [2.75, 3.05) is 14.2 Å². The summed E-state index contributed by atoms with van der Waals surface area (Å²) in [5.74, 6) is -4.81. The third kappa shape index (κ3) is 3.17. The maximum atomic E-state index is 12.8. The fourth-order valence-electron chi connectivity index (χ4n) is 0.883. The summed E-state index contributed by atoms with van der Waals surface area (Å²) in [6, 6.07) is -5.24. The Morgan fingerprint density at radius 3 is 1.38 bits per heavy atom. The van der Waals surface area contributed by atoms with Crippen molar-refractivity contribution in [2.24, 2.45) is 5.92 Å². The number of hydroxylamine groups is 2. The van der Waals surface area contributed by atoms with Gasteiger partial charge in [0.05, 0.1) is 7.11 Å². The van der Waals surface area contributed by atoms with Gasteiger partial charge in [0.25, 0.3) is 0 Å². The van der Waals surface area contributed by atoms with Crippen LogP contribution in [0, 0.1) is 5.92 Å². The molecule has 0 amide bonds. The van der Waals surface area contributed by atoms with Crippen molar-refractivity contribution in [3.05, 3.63) is 0 Å². The predicted octanol–water partition coefficient (Wildman–Crippen LogP) is 2.81. The minimum atomic E-state index is -6.13. The maximum Gasteiger partial charge on any atom is 0.407 e. The Kier molecular flexibility index (Phi) is 4.15. The second-order valence-corrected chi connectivity index (χ2v) is 2.78. The lowest BCUT2D eigenvalue weighted by Gasteiger charge is -2.34. The van der Waals surface area contributed by atoms with Crippen LogP contribution in [0.15, 0.2) is 0 Å². The fourth-order valence-corrected chi connectivity index (χ4v) is 0.883. The van der Waals surface area contributed by atoms with Gasteiger partial charge in [0.2, 0.25) is 5.92 Å². The first-order valence-corrected chi connectivity index (χ1v) is 3.64. The molecule has 0 spiro atoms. The minimum absolute atomic E-state index is 0.268. The molecule has 0 aliphatic heterocycles. The molecule has 0 saturated heterocycles. The summed E-state index contributed by atoms with van der Waals surface area (Å²) in [5, 5.41) is -0.793. The lowest BCUT2D eigenvalue weighted by Crippen LogP contribution is -2.56. The highest BCUT2D eigenvalue weighted by atomic mass is 19.4. The van der Waals surface area contributed by atoms with Crippen LogP contribution in [0.1, 0.15) is 0 Å². The summed E-state index contributed by atoms with van der Waals surface area (Å²) in [5.41, 5.74) is 0. The van der Waals surface area contributed by atoms with Crippen LogP contribution < -0.4 is 0 Å². The molecule has 98 valence electrons. The van der Waals surface area contributed by atoms with Crippen LogP contribution in [0.2, 0.25) is 0 Å². The standard InChI is InChI=1S/C6H7F8NO/c1-15(16-2)6(13,14)3(4(7,8)9)5(10,11)12/h3H,1-2H3. The molecule has 0 unspecified atom stereocenters. The molecular formula is C6H7F8NO. The van der Waals surface area contributed by atoms with Crippen LogP contribution >= 0.6 is 0 Å². The summed E-state index contributed by atoms with van der Waals surface area (Å²) in [7, 11) is 0.794. The van der Waals surface area contributed by atoms with E-state index in [1.54, 1.807) is 0 Å². The Bertz CT molecular complexity index is 220. The Morgan fingerprint density at radius 2 is 1.19 bits per heavy atom. The molecule has 0 bridgehead atoms. The van der Waals surface area contributed by atoms with Crippen molar-refractivity contribution in [3.8, 4) is 0 Å². The van der Waals surface area contributed by atoms with Crippen LogP contribution in [0.4, 0.5) is 35.1 Å². The third-order valence-corrected chi connectivity index (χ3v) is 1.70. The van der Waals surface area contributed by atoms with Gasteiger partial charge in [-0.15, -0.1) is 5.06 Å². The van der Waals surface area contributed by atoms with Crippen LogP contribution in [-0.4, -0.2) is 37.6 Å². The molecule has 10 heteroatoms. The number of nitrogens with zero attached hydrogens (tertiary/aromatic N) is 1. The highest BCUT2D eigenvalue weighted by Gasteiger charge is 2.70. The van der Waals surface area contributed by atoms with Crippen molar-refractivity contribution in [2.45, 2.75) is 18.4 Å². The average molecular weight is 261 g/mol. The number of alkyl halides is 8. The number of hydrogen-bond acceptors (Lipinski definition) is 2. The average Bonchev–Trinajstić information content (AvgIpc) is 1.95. The van der Waals surface area contributed by atoms with Crippen molar-refractivity contribution < 1.29 is 40.0 Å². The van der Waals surface area contributed by atoms with Crippen LogP contribution in [-0.2, 0) is 4.84 Å². The van der Waals surface area contributed by atoms with E-state index in [-0.39, 0.29) is 7.05 Å². The summed E-state index contributed by atoms with van der Waals surface area (Å²) < 4.78 is 97.2. The van der Waals surface area contributed by atoms with Crippen LogP contribution in [0.25, 0.3) is 0 Å². The molecule has 0 saturated carbocycles. The second kappa shape index (κ2) is 4.32. The van der Waals surface area contributed by atoms with Gasteiger partial charge >= 0.3 is 18.4 Å². The van der Waals surface area contributed by atoms with E-state index in [4.69, 9.17) is 0 Å². The number of halogens is 8. The molecule has 2 nitrogen and oxygen atoms in total. The summed E-state index contributed by atoms with van der Waals surface area (Å²) in [6.07, 6.45) is -12.3. The van der Waals surface area contributed by atoms with Gasteiger partial charge < -0.3 is 0 Å². The zero-order valence-electron chi connectivity index (χ0n) is 7.96. The Balaban J connectivity index is 5.37. The molecule has 0 fully saturated rings. The van der Waals surface area contributed by atoms with Gasteiger partial charge in [-0.25, -0.2) is 0 Å². The van der Waals surface area contributed by atoms with E-state index in [1.165, 1.54) is 0 Å². The minimum Gasteiger partial charge on any atom is -0.297 e. The summed E-state index contributed by atoms with van der Waals surface area (Å²) >= 11 is 0. The van der Waals surface area contributed by atoms with E-state index < -0.39 is 29.4 Å². The van der Waals surface area contributed by atoms with Crippen molar-refractivity contribution >= 4 is 0 Å². The molecule has 0 aromatic rings. The summed E-state index contributed by atoms with van der Waals surface area (Å²) in [4.78, 5) is 3.67. The third-order valence-electron chi connectivity index (χ3n) is 1.70. The van der Waals surface area contributed by atoms with Crippen molar-refractivity contribution in [1.82, 2.24) is 5.06 Å². The number of rotatable bonds is 3. The SMILES string of the molecule is CON(C)C(F)(F)C(C(F)(F)F)C(F)(F)F. The van der Waals surface area contributed by atoms with Gasteiger partial charge in [0.1, 0.15) is 0 Å². The number of hydrogen-bond donors (Lipinski definition) is 0. The van der Waals surface area contributed by atoms with E-state index in [0.29, 0.717) is 7.11 Å². The Labute approximate surface area is 84.7 Å². The highest BCUT2D eigenvalue weighted by molar-refractivity contribution is 4.85.